The van der Waals surface area contributed by atoms with Crippen molar-refractivity contribution in [3.8, 4) is 0 Å². The van der Waals surface area contributed by atoms with Gasteiger partial charge in [-0.1, -0.05) is 0 Å². The van der Waals surface area contributed by atoms with Gasteiger partial charge in [0.15, 0.2) is 0 Å². The van der Waals surface area contributed by atoms with Gasteiger partial charge in [0, 0.05) is 10.2 Å². The zero-order valence-corrected chi connectivity index (χ0v) is 8.20. The average Bonchev–Trinajstić information content (AvgIpc) is 1.97. The Morgan fingerprint density at radius 2 is 1.82 bits per heavy atom. The summed E-state index contributed by atoms with van der Waals surface area (Å²) in [6, 6.07) is 1.91. The van der Waals surface area contributed by atoms with E-state index in [4.69, 9.17) is 11.5 Å². The van der Waals surface area contributed by atoms with Gasteiger partial charge >= 0.3 is 0 Å². The molecule has 0 amide bonds. The number of nitrogens with two attached hydrogens (primary N) is 2. The van der Waals surface area contributed by atoms with Crippen LogP contribution in [-0.2, 0) is 0 Å². The molecule has 0 aromatic heterocycles. The Bertz CT molecular complexity index is 268. The minimum Gasteiger partial charge on any atom is -0.398 e. The largest absolute Gasteiger partial charge is 0.398 e. The number of nitrogen functional groups attached to an aromatic ring is 2. The van der Waals surface area contributed by atoms with E-state index in [1.54, 1.807) is 0 Å². The highest BCUT2D eigenvalue weighted by atomic mass is 79.9. The highest BCUT2D eigenvalue weighted by Crippen LogP contribution is 2.30. The lowest BCUT2D eigenvalue weighted by Gasteiger charge is -2.08. The quantitative estimate of drug-likeness (QED) is 0.652. The highest BCUT2D eigenvalue weighted by molar-refractivity contribution is 9.10. The van der Waals surface area contributed by atoms with Gasteiger partial charge in [-0.15, -0.1) is 0 Å². The fourth-order valence-electron chi connectivity index (χ4n) is 0.937. The maximum atomic E-state index is 5.76. The van der Waals surface area contributed by atoms with Crippen LogP contribution < -0.4 is 11.5 Å². The van der Waals surface area contributed by atoms with E-state index in [1.807, 2.05) is 19.9 Å². The van der Waals surface area contributed by atoms with Gasteiger partial charge in [-0.3, -0.25) is 0 Å². The van der Waals surface area contributed by atoms with Gasteiger partial charge in [-0.25, -0.2) is 0 Å². The maximum absolute atomic E-state index is 5.76. The van der Waals surface area contributed by atoms with Gasteiger partial charge in [0.25, 0.3) is 0 Å². The molecule has 0 saturated carbocycles. The smallest absolute Gasteiger partial charge is 0.0511 e. The second-order valence-corrected chi connectivity index (χ2v) is 3.43. The molecular formula is C8H11BrN2. The molecule has 0 aliphatic carbocycles. The molecule has 4 N–H and O–H groups in total. The van der Waals surface area contributed by atoms with Crippen molar-refractivity contribution in [2.45, 2.75) is 13.8 Å². The van der Waals surface area contributed by atoms with Gasteiger partial charge in [-0.05, 0) is 47.0 Å². The third-order valence-electron chi connectivity index (χ3n) is 1.79. The highest BCUT2D eigenvalue weighted by Gasteiger charge is 2.05. The molecule has 0 bridgehead atoms. The number of hydrogen-bond donors (Lipinski definition) is 2. The Kier molecular flexibility index (Phi) is 2.09. The Hall–Kier alpha value is -0.700. The first-order valence-electron chi connectivity index (χ1n) is 3.34. The molecule has 0 unspecified atom stereocenters. The molecule has 0 spiro atoms. The summed E-state index contributed by atoms with van der Waals surface area (Å²) < 4.78 is 0.948. The summed E-state index contributed by atoms with van der Waals surface area (Å²) in [4.78, 5) is 0. The SMILES string of the molecule is Cc1cc(N)c(C)c(N)c1Br. The number of halogens is 1. The van der Waals surface area contributed by atoms with Crippen molar-refractivity contribution in [1.82, 2.24) is 0 Å². The lowest BCUT2D eigenvalue weighted by Crippen LogP contribution is -1.98. The van der Waals surface area contributed by atoms with Gasteiger partial charge < -0.3 is 11.5 Å². The van der Waals surface area contributed by atoms with E-state index < -0.39 is 0 Å². The van der Waals surface area contributed by atoms with Gasteiger partial charge in [0.2, 0.25) is 0 Å². The molecule has 0 saturated heterocycles. The van der Waals surface area contributed by atoms with Crippen molar-refractivity contribution in [1.29, 1.82) is 0 Å². The number of hydrogen-bond acceptors (Lipinski definition) is 2. The standard InChI is InChI=1S/C8H11BrN2/c1-4-3-6(10)5(2)8(11)7(4)9/h3H,10-11H2,1-2H3. The van der Waals surface area contributed by atoms with Crippen molar-refractivity contribution in [2.24, 2.45) is 0 Å². The molecule has 0 fully saturated rings. The summed E-state index contributed by atoms with van der Waals surface area (Å²) in [7, 11) is 0. The third kappa shape index (κ3) is 1.33. The third-order valence-corrected chi connectivity index (χ3v) is 2.84. The maximum Gasteiger partial charge on any atom is 0.0511 e. The van der Waals surface area contributed by atoms with E-state index in [1.165, 1.54) is 0 Å². The fourth-order valence-corrected chi connectivity index (χ4v) is 1.35. The van der Waals surface area contributed by atoms with Crippen LogP contribution in [0.4, 0.5) is 11.4 Å². The average molecular weight is 215 g/mol. The second kappa shape index (κ2) is 2.74. The summed E-state index contributed by atoms with van der Waals surface area (Å²) in [5, 5.41) is 0. The summed E-state index contributed by atoms with van der Waals surface area (Å²) in [5.74, 6) is 0. The lowest BCUT2D eigenvalue weighted by atomic mass is 10.1. The monoisotopic (exact) mass is 214 g/mol. The van der Waals surface area contributed by atoms with Crippen molar-refractivity contribution in [2.75, 3.05) is 11.5 Å². The molecule has 11 heavy (non-hydrogen) atoms. The molecule has 0 radical (unpaired) electrons. The minimum absolute atomic E-state index is 0.738. The Labute approximate surface area is 74.7 Å². The van der Waals surface area contributed by atoms with Crippen LogP contribution >= 0.6 is 15.9 Å². The molecule has 0 heterocycles. The van der Waals surface area contributed by atoms with E-state index in [-0.39, 0.29) is 0 Å². The summed E-state index contributed by atoms with van der Waals surface area (Å²) in [6.07, 6.45) is 0. The zero-order valence-electron chi connectivity index (χ0n) is 6.61. The Morgan fingerprint density at radius 1 is 1.27 bits per heavy atom. The van der Waals surface area contributed by atoms with Crippen LogP contribution in [0.3, 0.4) is 0 Å². The van der Waals surface area contributed by atoms with E-state index in [0.29, 0.717) is 0 Å². The molecule has 1 aromatic carbocycles. The molecular weight excluding hydrogens is 204 g/mol. The molecule has 1 rings (SSSR count). The van der Waals surface area contributed by atoms with Crippen LogP contribution in [0.2, 0.25) is 0 Å². The Balaban J connectivity index is 3.46. The van der Waals surface area contributed by atoms with Crippen LogP contribution in [0.1, 0.15) is 11.1 Å². The van der Waals surface area contributed by atoms with E-state index in [9.17, 15) is 0 Å². The number of benzene rings is 1. The number of anilines is 2. The van der Waals surface area contributed by atoms with Crippen LogP contribution in [0.25, 0.3) is 0 Å². The lowest BCUT2D eigenvalue weighted by molar-refractivity contribution is 1.37. The van der Waals surface area contributed by atoms with Gasteiger partial charge in [-0.2, -0.15) is 0 Å². The van der Waals surface area contributed by atoms with Crippen LogP contribution in [0, 0.1) is 13.8 Å². The van der Waals surface area contributed by atoms with E-state index in [2.05, 4.69) is 15.9 Å². The first kappa shape index (κ1) is 8.40. The van der Waals surface area contributed by atoms with Crippen molar-refractivity contribution in [3.05, 3.63) is 21.7 Å². The second-order valence-electron chi connectivity index (χ2n) is 2.64. The first-order chi connectivity index (χ1) is 5.04. The number of rotatable bonds is 0. The predicted octanol–water partition coefficient (Wildman–Crippen LogP) is 2.23. The molecule has 0 atom stereocenters. The van der Waals surface area contributed by atoms with Crippen molar-refractivity contribution < 1.29 is 0 Å². The molecule has 3 heteroatoms. The normalized spacial score (nSPS) is 10.1. The molecule has 1 aromatic rings. The summed E-state index contributed by atoms with van der Waals surface area (Å²) in [5.41, 5.74) is 15.0. The predicted molar refractivity (Wildman–Crippen MR) is 52.4 cm³/mol. The zero-order chi connectivity index (χ0) is 8.59. The summed E-state index contributed by atoms with van der Waals surface area (Å²) in [6.45, 7) is 3.88. The van der Waals surface area contributed by atoms with Gasteiger partial charge in [0.05, 0.1) is 5.69 Å². The van der Waals surface area contributed by atoms with Crippen molar-refractivity contribution >= 4 is 27.3 Å². The minimum atomic E-state index is 0.738. The Morgan fingerprint density at radius 3 is 2.36 bits per heavy atom. The van der Waals surface area contributed by atoms with Crippen LogP contribution in [0.5, 0.6) is 0 Å². The molecule has 0 aliphatic heterocycles. The van der Waals surface area contributed by atoms with E-state index in [0.717, 1.165) is 27.0 Å². The van der Waals surface area contributed by atoms with Crippen molar-refractivity contribution in [3.63, 3.8) is 0 Å². The van der Waals surface area contributed by atoms with E-state index >= 15 is 0 Å². The molecule has 2 nitrogen and oxygen atoms in total. The van der Waals surface area contributed by atoms with Crippen LogP contribution in [0.15, 0.2) is 10.5 Å². The van der Waals surface area contributed by atoms with Crippen LogP contribution in [-0.4, -0.2) is 0 Å². The molecule has 0 aliphatic rings. The first-order valence-corrected chi connectivity index (χ1v) is 4.14. The topological polar surface area (TPSA) is 52.0 Å². The summed E-state index contributed by atoms with van der Waals surface area (Å²) >= 11 is 3.38. The fraction of sp³-hybridized carbons (Fsp3) is 0.250. The van der Waals surface area contributed by atoms with Gasteiger partial charge in [0.1, 0.15) is 0 Å². The number of aryl methyl sites for hydroxylation is 1. The molecule has 60 valence electrons.